The van der Waals surface area contributed by atoms with Crippen LogP contribution in [0.3, 0.4) is 0 Å². The Morgan fingerprint density at radius 3 is 1.32 bits per heavy atom. The summed E-state index contributed by atoms with van der Waals surface area (Å²) in [6.45, 7) is 2.13. The monoisotopic (exact) mass is 985 g/mol. The summed E-state index contributed by atoms with van der Waals surface area (Å²) < 4.78 is 26.9. The Morgan fingerprint density at radius 2 is 0.889 bits per heavy atom. The van der Waals surface area contributed by atoms with Crippen LogP contribution in [0, 0.1) is 0 Å². The molecule has 0 aromatic heterocycles. The van der Waals surface area contributed by atoms with Gasteiger partial charge < -0.3 is 50.7 Å². The van der Waals surface area contributed by atoms with Crippen LogP contribution in [0.25, 0.3) is 0 Å². The van der Waals surface area contributed by atoms with E-state index in [2.05, 4.69) is 21.3 Å². The standard InChI is InChI=1S/C55H63N5O12/c1-36(61)42-29-39(21-24-49(42)68-2)31-47(62)45(19-11-13-27-57-54(66)71-34-37-15-7-5-8-16-37)59-52(64)43-30-40(22-25-50(43)69-3)32-48(63)46(60-53(65)44-33-41(56)23-26-51(44)70-4)20-12-14-28-58-55(67)72-35-38-17-9-6-10-18-38/h5-10,15-18,21-26,29-30,33,45-46H,11-14,19-20,27-28,31-32,34-35,56H2,1-4H3,(H,57,66)(H,58,67)(H,59,64)(H,60,65)/t45-,46-/m0/s1. The summed E-state index contributed by atoms with van der Waals surface area (Å²) in [5.41, 5.74) is 9.47. The maximum absolute atomic E-state index is 14.2. The summed E-state index contributed by atoms with van der Waals surface area (Å²) in [6, 6.07) is 30.7. The molecule has 0 saturated heterocycles. The molecule has 5 aromatic carbocycles. The highest BCUT2D eigenvalue weighted by Gasteiger charge is 2.27. The number of alkyl carbamates (subject to hydrolysis) is 2. The third-order valence-electron chi connectivity index (χ3n) is 11.6. The van der Waals surface area contributed by atoms with Crippen LogP contribution in [0.2, 0.25) is 0 Å². The number of anilines is 1. The van der Waals surface area contributed by atoms with E-state index in [9.17, 15) is 33.6 Å². The highest BCUT2D eigenvalue weighted by atomic mass is 16.6. The predicted molar refractivity (Wildman–Crippen MR) is 270 cm³/mol. The molecule has 4 amide bonds. The molecule has 17 heteroatoms. The second-order valence-corrected chi connectivity index (χ2v) is 16.9. The molecule has 0 aliphatic rings. The Kier molecular flexibility index (Phi) is 21.6. The molecule has 72 heavy (non-hydrogen) atoms. The molecule has 0 aliphatic carbocycles. The van der Waals surface area contributed by atoms with Crippen molar-refractivity contribution in [1.29, 1.82) is 0 Å². The van der Waals surface area contributed by atoms with E-state index in [0.29, 0.717) is 53.8 Å². The normalized spacial score (nSPS) is 11.5. The Bertz CT molecular complexity index is 2640. The molecule has 0 spiro atoms. The van der Waals surface area contributed by atoms with Crippen LogP contribution in [-0.2, 0) is 45.1 Å². The first-order chi connectivity index (χ1) is 34.8. The number of ether oxygens (including phenoxy) is 5. The third kappa shape index (κ3) is 17.3. The lowest BCUT2D eigenvalue weighted by molar-refractivity contribution is -0.121. The van der Waals surface area contributed by atoms with Crippen molar-refractivity contribution in [3.05, 3.63) is 154 Å². The second-order valence-electron chi connectivity index (χ2n) is 16.9. The minimum atomic E-state index is -1.01. The highest BCUT2D eigenvalue weighted by molar-refractivity contribution is 6.02. The van der Waals surface area contributed by atoms with Gasteiger partial charge in [0.15, 0.2) is 17.3 Å². The summed E-state index contributed by atoms with van der Waals surface area (Å²) in [4.78, 5) is 93.3. The van der Waals surface area contributed by atoms with Crippen LogP contribution >= 0.6 is 0 Å². The van der Waals surface area contributed by atoms with Gasteiger partial charge in [-0.05, 0) is 110 Å². The largest absolute Gasteiger partial charge is 0.496 e. The molecule has 0 unspecified atom stereocenters. The number of benzene rings is 5. The maximum Gasteiger partial charge on any atom is 0.407 e. The average molecular weight is 986 g/mol. The first kappa shape index (κ1) is 54.7. The summed E-state index contributed by atoms with van der Waals surface area (Å²) in [6.07, 6.45) is 0.673. The van der Waals surface area contributed by atoms with Crippen LogP contribution in [0.15, 0.2) is 115 Å². The smallest absolute Gasteiger partial charge is 0.407 e. The molecular weight excluding hydrogens is 923 g/mol. The number of hydrogen-bond donors (Lipinski definition) is 5. The predicted octanol–water partition coefficient (Wildman–Crippen LogP) is 7.51. The van der Waals surface area contributed by atoms with Crippen molar-refractivity contribution in [2.24, 2.45) is 0 Å². The van der Waals surface area contributed by atoms with Crippen molar-refractivity contribution in [2.45, 2.75) is 83.6 Å². The minimum Gasteiger partial charge on any atom is -0.496 e. The van der Waals surface area contributed by atoms with Crippen molar-refractivity contribution >= 4 is 47.0 Å². The number of nitrogens with one attached hydrogen (secondary N) is 4. The van der Waals surface area contributed by atoms with Crippen LogP contribution in [0.5, 0.6) is 17.2 Å². The lowest BCUT2D eigenvalue weighted by Crippen LogP contribution is -2.42. The van der Waals surface area contributed by atoms with Crippen LogP contribution in [-0.4, -0.2) is 87.9 Å². The number of carbonyl (C=O) groups is 7. The molecule has 17 nitrogen and oxygen atoms in total. The average Bonchev–Trinajstić information content (AvgIpc) is 3.39. The van der Waals surface area contributed by atoms with E-state index in [0.717, 1.165) is 11.1 Å². The number of Topliss-reactive ketones (excluding diaryl/α,β-unsaturated/α-hetero) is 3. The first-order valence-electron chi connectivity index (χ1n) is 23.6. The summed E-state index contributed by atoms with van der Waals surface area (Å²) in [5, 5.41) is 11.1. The van der Waals surface area contributed by atoms with Crippen LogP contribution in [0.4, 0.5) is 15.3 Å². The van der Waals surface area contributed by atoms with E-state index < -0.39 is 36.1 Å². The first-order valence-corrected chi connectivity index (χ1v) is 23.6. The highest BCUT2D eigenvalue weighted by Crippen LogP contribution is 2.25. The molecule has 0 bridgehead atoms. The van der Waals surface area contributed by atoms with Crippen LogP contribution in [0.1, 0.15) is 98.8 Å². The van der Waals surface area contributed by atoms with Crippen molar-refractivity contribution in [2.75, 3.05) is 40.2 Å². The fraction of sp³-hybridized carbons (Fsp3) is 0.327. The molecule has 2 atom stereocenters. The molecule has 380 valence electrons. The van der Waals surface area contributed by atoms with Crippen molar-refractivity contribution < 1.29 is 57.2 Å². The van der Waals surface area contributed by atoms with E-state index in [1.807, 2.05) is 60.7 Å². The molecule has 5 rings (SSSR count). The van der Waals surface area contributed by atoms with Gasteiger partial charge in [0.1, 0.15) is 30.5 Å². The van der Waals surface area contributed by atoms with Gasteiger partial charge in [-0.25, -0.2) is 9.59 Å². The number of methoxy groups -OCH3 is 3. The molecule has 0 fully saturated rings. The number of nitrogens with two attached hydrogens (primary N) is 1. The van der Waals surface area contributed by atoms with Gasteiger partial charge in [0.2, 0.25) is 0 Å². The molecule has 0 aliphatic heterocycles. The SMILES string of the molecule is COc1ccc(CC(=O)[C@H](CCCCNC(=O)OCc2ccccc2)NC(=O)c2cc(CC(=O)[C@H](CCCCNC(=O)OCc3ccccc3)NC(=O)c3cc(N)ccc3OC)ccc2OC)cc1C(C)=O. The van der Waals surface area contributed by atoms with Crippen molar-refractivity contribution in [3.8, 4) is 17.2 Å². The number of ketones is 3. The van der Waals surface area contributed by atoms with Gasteiger partial charge in [-0.2, -0.15) is 0 Å². The lowest BCUT2D eigenvalue weighted by atomic mass is 9.96. The van der Waals surface area contributed by atoms with Gasteiger partial charge in [0.25, 0.3) is 11.8 Å². The summed E-state index contributed by atoms with van der Waals surface area (Å²) >= 11 is 0. The Hall–Kier alpha value is -8.21. The zero-order valence-corrected chi connectivity index (χ0v) is 41.1. The quantitative estimate of drug-likeness (QED) is 0.0185. The van der Waals surface area contributed by atoms with E-state index in [4.69, 9.17) is 29.4 Å². The molecular formula is C55H63N5O12. The second kappa shape index (κ2) is 28.5. The summed E-state index contributed by atoms with van der Waals surface area (Å²) in [7, 11) is 4.25. The lowest BCUT2D eigenvalue weighted by Gasteiger charge is -2.21. The van der Waals surface area contributed by atoms with E-state index in [1.165, 1.54) is 40.4 Å². The molecule has 0 heterocycles. The van der Waals surface area contributed by atoms with Crippen LogP contribution < -0.4 is 41.2 Å². The van der Waals surface area contributed by atoms with E-state index >= 15 is 0 Å². The number of amides is 4. The Labute approximate surface area is 419 Å². The number of nitrogen functional groups attached to an aromatic ring is 1. The van der Waals surface area contributed by atoms with Gasteiger partial charge in [-0.15, -0.1) is 0 Å². The number of hydrogen-bond acceptors (Lipinski definition) is 13. The minimum absolute atomic E-state index is 0.0575. The number of unbranched alkanes of at least 4 members (excludes halogenated alkanes) is 2. The Morgan fingerprint density at radius 1 is 0.486 bits per heavy atom. The molecule has 0 radical (unpaired) electrons. The van der Waals surface area contributed by atoms with Gasteiger partial charge in [0, 0.05) is 31.6 Å². The van der Waals surface area contributed by atoms with E-state index in [1.54, 1.807) is 42.5 Å². The topological polar surface area (TPSA) is 240 Å². The Balaban J connectivity index is 1.28. The number of carbonyl (C=O) groups excluding carboxylic acids is 7. The molecule has 6 N–H and O–H groups in total. The third-order valence-corrected chi connectivity index (χ3v) is 11.6. The zero-order chi connectivity index (χ0) is 51.8. The van der Waals surface area contributed by atoms with Gasteiger partial charge in [-0.3, -0.25) is 24.0 Å². The van der Waals surface area contributed by atoms with Gasteiger partial charge in [-0.1, -0.05) is 72.8 Å². The fourth-order valence-corrected chi connectivity index (χ4v) is 7.71. The van der Waals surface area contributed by atoms with Crippen molar-refractivity contribution in [3.63, 3.8) is 0 Å². The summed E-state index contributed by atoms with van der Waals surface area (Å²) in [5.74, 6) is -1.37. The molecule has 5 aromatic rings. The number of rotatable bonds is 28. The fourth-order valence-electron chi connectivity index (χ4n) is 7.71. The molecule has 0 saturated carbocycles. The van der Waals surface area contributed by atoms with E-state index in [-0.39, 0.29) is 92.0 Å². The van der Waals surface area contributed by atoms with Gasteiger partial charge in [0.05, 0.1) is 50.1 Å². The maximum atomic E-state index is 14.2. The zero-order valence-electron chi connectivity index (χ0n) is 41.1. The van der Waals surface area contributed by atoms with Gasteiger partial charge >= 0.3 is 12.2 Å². The van der Waals surface area contributed by atoms with Crippen molar-refractivity contribution in [1.82, 2.24) is 21.3 Å².